The van der Waals surface area contributed by atoms with Gasteiger partial charge in [-0.3, -0.25) is 4.99 Å². The van der Waals surface area contributed by atoms with Crippen molar-refractivity contribution in [3.8, 4) is 0 Å². The van der Waals surface area contributed by atoms with E-state index < -0.39 is 0 Å². The van der Waals surface area contributed by atoms with E-state index in [1.54, 1.807) is 0 Å². The first-order valence-electron chi connectivity index (χ1n) is 7.78. The zero-order valence-corrected chi connectivity index (χ0v) is 14.2. The topological polar surface area (TPSA) is 12.4 Å². The van der Waals surface area contributed by atoms with E-state index >= 15 is 0 Å². The summed E-state index contributed by atoms with van der Waals surface area (Å²) in [6, 6.07) is 27.6. The molecule has 0 N–H and O–H groups in total. The van der Waals surface area contributed by atoms with E-state index in [2.05, 4.69) is 88.7 Å². The largest absolute Gasteiger partial charge is 0.252 e. The van der Waals surface area contributed by atoms with Crippen molar-refractivity contribution in [2.24, 2.45) is 4.99 Å². The highest BCUT2D eigenvalue weighted by Gasteiger charge is 2.25. The van der Waals surface area contributed by atoms with Gasteiger partial charge in [0.05, 0.1) is 5.69 Å². The molecule has 2 heteroatoms. The number of hydrogen-bond donors (Lipinski definition) is 0. The lowest BCUT2D eigenvalue weighted by molar-refractivity contribution is 0.839. The molecule has 0 amide bonds. The molecule has 0 saturated heterocycles. The number of hydrogen-bond acceptors (Lipinski definition) is 1. The maximum atomic E-state index is 4.93. The number of rotatable bonds is 2. The van der Waals surface area contributed by atoms with Gasteiger partial charge in [0.2, 0.25) is 0 Å². The average Bonchev–Trinajstić information content (AvgIpc) is 2.62. The Bertz CT molecular complexity index is 854. The molecule has 0 radical (unpaired) electrons. The molecular formula is C21H16BrN. The van der Waals surface area contributed by atoms with Crippen molar-refractivity contribution in [3.63, 3.8) is 0 Å². The highest BCUT2D eigenvalue weighted by molar-refractivity contribution is 9.10. The van der Waals surface area contributed by atoms with Crippen LogP contribution >= 0.6 is 15.9 Å². The van der Waals surface area contributed by atoms with Crippen LogP contribution in [0.5, 0.6) is 0 Å². The van der Waals surface area contributed by atoms with Crippen molar-refractivity contribution in [2.75, 3.05) is 0 Å². The monoisotopic (exact) mass is 361 g/mol. The molecule has 23 heavy (non-hydrogen) atoms. The highest BCUT2D eigenvalue weighted by Crippen LogP contribution is 2.41. The summed E-state index contributed by atoms with van der Waals surface area (Å²) in [5.74, 6) is 0.344. The molecule has 112 valence electrons. The molecule has 0 aliphatic carbocycles. The SMILES string of the molecule is Brc1ccc2c(c1)C(c1ccccc1)CC(c1ccccc1)=N2. The summed E-state index contributed by atoms with van der Waals surface area (Å²) in [6.45, 7) is 0. The fourth-order valence-electron chi connectivity index (χ4n) is 3.20. The predicted octanol–water partition coefficient (Wildman–Crippen LogP) is 6.11. The predicted molar refractivity (Wildman–Crippen MR) is 99.7 cm³/mol. The first-order chi connectivity index (χ1) is 11.3. The van der Waals surface area contributed by atoms with Crippen LogP contribution in [0.4, 0.5) is 5.69 Å². The van der Waals surface area contributed by atoms with Crippen molar-refractivity contribution in [1.29, 1.82) is 0 Å². The quantitative estimate of drug-likeness (QED) is 0.522. The van der Waals surface area contributed by atoms with E-state index in [0.29, 0.717) is 5.92 Å². The van der Waals surface area contributed by atoms with E-state index in [-0.39, 0.29) is 0 Å². The van der Waals surface area contributed by atoms with Gasteiger partial charge in [0, 0.05) is 22.5 Å². The molecule has 1 aliphatic heterocycles. The third-order valence-corrected chi connectivity index (χ3v) is 4.82. The van der Waals surface area contributed by atoms with E-state index in [1.165, 1.54) is 16.7 Å². The standard InChI is InChI=1S/C21H16BrN/c22-17-11-12-20-19(13-17)18(15-7-3-1-4-8-15)14-21(23-20)16-9-5-2-6-10-16/h1-13,18H,14H2. The van der Waals surface area contributed by atoms with Gasteiger partial charge >= 0.3 is 0 Å². The van der Waals surface area contributed by atoms with Gasteiger partial charge in [0.1, 0.15) is 0 Å². The van der Waals surface area contributed by atoms with Gasteiger partial charge in [0.15, 0.2) is 0 Å². The van der Waals surface area contributed by atoms with E-state index in [1.807, 2.05) is 6.07 Å². The summed E-state index contributed by atoms with van der Waals surface area (Å²) in [5.41, 5.74) is 6.09. The molecule has 1 aliphatic rings. The molecule has 1 atom stereocenters. The zero-order valence-electron chi connectivity index (χ0n) is 12.6. The minimum atomic E-state index is 0.344. The summed E-state index contributed by atoms with van der Waals surface area (Å²) in [7, 11) is 0. The lowest BCUT2D eigenvalue weighted by atomic mass is 9.82. The van der Waals surface area contributed by atoms with Crippen LogP contribution in [0.3, 0.4) is 0 Å². The average molecular weight is 362 g/mol. The number of nitrogens with zero attached hydrogens (tertiary/aromatic N) is 1. The lowest BCUT2D eigenvalue weighted by Gasteiger charge is -2.26. The summed E-state index contributed by atoms with van der Waals surface area (Å²) >= 11 is 3.60. The van der Waals surface area contributed by atoms with Crippen molar-refractivity contribution in [3.05, 3.63) is 100 Å². The Kier molecular flexibility index (Phi) is 3.84. The van der Waals surface area contributed by atoms with Gasteiger partial charge in [-0.2, -0.15) is 0 Å². The second-order valence-corrected chi connectivity index (χ2v) is 6.71. The molecule has 0 aromatic heterocycles. The molecule has 0 fully saturated rings. The minimum Gasteiger partial charge on any atom is -0.252 e. The van der Waals surface area contributed by atoms with Crippen LogP contribution in [0, 0.1) is 0 Å². The molecule has 0 spiro atoms. The molecule has 0 bridgehead atoms. The van der Waals surface area contributed by atoms with Crippen molar-refractivity contribution < 1.29 is 0 Å². The van der Waals surface area contributed by atoms with Crippen LogP contribution in [0.25, 0.3) is 0 Å². The summed E-state index contributed by atoms with van der Waals surface area (Å²) < 4.78 is 1.11. The lowest BCUT2D eigenvalue weighted by Crippen LogP contribution is -2.14. The van der Waals surface area contributed by atoms with Crippen LogP contribution in [0.2, 0.25) is 0 Å². The van der Waals surface area contributed by atoms with Crippen LogP contribution in [-0.4, -0.2) is 5.71 Å². The first-order valence-corrected chi connectivity index (χ1v) is 8.58. The Morgan fingerprint density at radius 3 is 2.26 bits per heavy atom. The van der Waals surface area contributed by atoms with Crippen molar-refractivity contribution in [1.82, 2.24) is 0 Å². The Morgan fingerprint density at radius 2 is 1.52 bits per heavy atom. The van der Waals surface area contributed by atoms with Gasteiger partial charge in [-0.15, -0.1) is 0 Å². The maximum Gasteiger partial charge on any atom is 0.0672 e. The Balaban J connectivity index is 1.86. The second-order valence-electron chi connectivity index (χ2n) is 5.80. The number of benzene rings is 3. The molecule has 1 nitrogen and oxygen atoms in total. The van der Waals surface area contributed by atoms with Crippen molar-refractivity contribution in [2.45, 2.75) is 12.3 Å². The van der Waals surface area contributed by atoms with Gasteiger partial charge in [-0.25, -0.2) is 0 Å². The van der Waals surface area contributed by atoms with Crippen LogP contribution in [0.15, 0.2) is 88.3 Å². The van der Waals surface area contributed by atoms with E-state index in [0.717, 1.165) is 22.3 Å². The fourth-order valence-corrected chi connectivity index (χ4v) is 3.58. The van der Waals surface area contributed by atoms with Gasteiger partial charge in [-0.05, 0) is 34.9 Å². The van der Waals surface area contributed by atoms with Gasteiger partial charge in [0.25, 0.3) is 0 Å². The smallest absolute Gasteiger partial charge is 0.0672 e. The summed E-state index contributed by atoms with van der Waals surface area (Å²) in [4.78, 5) is 4.93. The molecule has 1 unspecified atom stereocenters. The molecule has 4 rings (SSSR count). The molecule has 3 aromatic rings. The first kappa shape index (κ1) is 14.4. The van der Waals surface area contributed by atoms with E-state index in [9.17, 15) is 0 Å². The Hall–Kier alpha value is -2.19. The third-order valence-electron chi connectivity index (χ3n) is 4.33. The number of fused-ring (bicyclic) bond motifs is 1. The minimum absolute atomic E-state index is 0.344. The molecular weight excluding hydrogens is 346 g/mol. The Labute approximate surface area is 144 Å². The number of aliphatic imine (C=N–C) groups is 1. The number of halogens is 1. The van der Waals surface area contributed by atoms with Crippen LogP contribution < -0.4 is 0 Å². The second kappa shape index (κ2) is 6.13. The zero-order chi connectivity index (χ0) is 15.6. The van der Waals surface area contributed by atoms with Gasteiger partial charge < -0.3 is 0 Å². The normalized spacial score (nSPS) is 16.6. The molecule has 0 saturated carbocycles. The fraction of sp³-hybridized carbons (Fsp3) is 0.0952. The molecule has 3 aromatic carbocycles. The van der Waals surface area contributed by atoms with E-state index in [4.69, 9.17) is 4.99 Å². The Morgan fingerprint density at radius 1 is 0.826 bits per heavy atom. The highest BCUT2D eigenvalue weighted by atomic mass is 79.9. The summed E-state index contributed by atoms with van der Waals surface area (Å²) in [6.07, 6.45) is 0.928. The van der Waals surface area contributed by atoms with Crippen molar-refractivity contribution >= 4 is 27.3 Å². The van der Waals surface area contributed by atoms with Crippen LogP contribution in [0.1, 0.15) is 29.0 Å². The maximum absolute atomic E-state index is 4.93. The van der Waals surface area contributed by atoms with Crippen LogP contribution in [-0.2, 0) is 0 Å². The molecule has 1 heterocycles. The van der Waals surface area contributed by atoms with Gasteiger partial charge in [-0.1, -0.05) is 76.6 Å². The third kappa shape index (κ3) is 2.87. The summed E-state index contributed by atoms with van der Waals surface area (Å²) in [5, 5.41) is 0.